The summed E-state index contributed by atoms with van der Waals surface area (Å²) in [5.74, 6) is 2.02. The summed E-state index contributed by atoms with van der Waals surface area (Å²) in [6, 6.07) is 13.3. The van der Waals surface area contributed by atoms with Gasteiger partial charge in [-0.15, -0.1) is 0 Å². The maximum absolute atomic E-state index is 4.71. The van der Waals surface area contributed by atoms with Crippen LogP contribution in [0.15, 0.2) is 61.2 Å². The summed E-state index contributed by atoms with van der Waals surface area (Å²) in [4.78, 5) is 25.5. The molecule has 2 saturated heterocycles. The number of H-pyrrole nitrogens is 2. The van der Waals surface area contributed by atoms with Crippen LogP contribution in [0.1, 0.15) is 49.4 Å². The van der Waals surface area contributed by atoms with Crippen molar-refractivity contribution in [3.8, 4) is 33.9 Å². The zero-order valence-corrected chi connectivity index (χ0v) is 20.0. The molecule has 0 aliphatic carbocycles. The van der Waals surface area contributed by atoms with Crippen molar-refractivity contribution in [1.29, 1.82) is 0 Å². The van der Waals surface area contributed by atoms with Crippen molar-refractivity contribution in [2.75, 3.05) is 13.1 Å². The van der Waals surface area contributed by atoms with E-state index in [9.17, 15) is 0 Å². The average Bonchev–Trinajstić information content (AvgIpc) is 3.75. The lowest BCUT2D eigenvalue weighted by atomic mass is 10.1. The van der Waals surface area contributed by atoms with E-state index in [0.717, 1.165) is 82.3 Å². The van der Waals surface area contributed by atoms with Gasteiger partial charge in [-0.2, -0.15) is 0 Å². The summed E-state index contributed by atoms with van der Waals surface area (Å²) in [7, 11) is 0. The Bertz CT molecular complexity index is 1500. The Morgan fingerprint density at radius 1 is 0.583 bits per heavy atom. The van der Waals surface area contributed by atoms with E-state index in [1.807, 2.05) is 30.9 Å². The smallest absolute Gasteiger partial charge is 0.123 e. The molecule has 8 heteroatoms. The fourth-order valence-electron chi connectivity index (χ4n) is 5.31. The molecule has 2 aliphatic heterocycles. The first-order valence-electron chi connectivity index (χ1n) is 12.7. The number of nitrogens with one attached hydrogen (secondary N) is 4. The van der Waals surface area contributed by atoms with Crippen LogP contribution in [0.5, 0.6) is 0 Å². The second-order valence-corrected chi connectivity index (χ2v) is 9.73. The monoisotopic (exact) mass is 476 g/mol. The SMILES string of the molecule is c1cc(-c2cc3ccc(-c4cnc(C5CCCN5)[nH]4)cc3cn2)ncc1-c1cnc(C2CCCN2)[nH]1. The van der Waals surface area contributed by atoms with Gasteiger partial charge in [0.05, 0.1) is 47.3 Å². The van der Waals surface area contributed by atoms with Crippen molar-refractivity contribution in [3.63, 3.8) is 0 Å². The second-order valence-electron chi connectivity index (χ2n) is 9.73. The summed E-state index contributed by atoms with van der Waals surface area (Å²) in [6.07, 6.45) is 12.3. The lowest BCUT2D eigenvalue weighted by Crippen LogP contribution is -2.14. The first-order valence-corrected chi connectivity index (χ1v) is 12.7. The fourth-order valence-corrected chi connectivity index (χ4v) is 5.31. The van der Waals surface area contributed by atoms with Crippen LogP contribution in [0.4, 0.5) is 0 Å². The zero-order chi connectivity index (χ0) is 23.9. The fraction of sp³-hybridized carbons (Fsp3) is 0.286. The van der Waals surface area contributed by atoms with Gasteiger partial charge in [-0.25, -0.2) is 9.97 Å². The first-order chi connectivity index (χ1) is 17.8. The Labute approximate surface area is 209 Å². The number of aromatic amines is 2. The normalized spacial score (nSPS) is 19.9. The van der Waals surface area contributed by atoms with Gasteiger partial charge in [-0.3, -0.25) is 9.97 Å². The Balaban J connectivity index is 1.11. The van der Waals surface area contributed by atoms with Crippen LogP contribution in [-0.2, 0) is 0 Å². The molecule has 0 saturated carbocycles. The molecule has 0 bridgehead atoms. The summed E-state index contributed by atoms with van der Waals surface area (Å²) >= 11 is 0. The molecule has 36 heavy (non-hydrogen) atoms. The molecule has 5 aromatic rings. The van der Waals surface area contributed by atoms with Gasteiger partial charge in [-0.1, -0.05) is 12.1 Å². The van der Waals surface area contributed by atoms with Gasteiger partial charge in [0.25, 0.3) is 0 Å². The van der Waals surface area contributed by atoms with Crippen molar-refractivity contribution >= 4 is 10.8 Å². The predicted octanol–water partition coefficient (Wildman–Crippen LogP) is 4.93. The molecular formula is C28H28N8. The van der Waals surface area contributed by atoms with E-state index >= 15 is 0 Å². The summed E-state index contributed by atoms with van der Waals surface area (Å²) in [5, 5.41) is 9.20. The minimum Gasteiger partial charge on any atom is -0.341 e. The van der Waals surface area contributed by atoms with E-state index in [4.69, 9.17) is 9.97 Å². The summed E-state index contributed by atoms with van der Waals surface area (Å²) in [5.41, 5.74) is 5.87. The van der Waals surface area contributed by atoms with Gasteiger partial charge < -0.3 is 20.6 Å². The molecule has 4 N–H and O–H groups in total. The van der Waals surface area contributed by atoms with E-state index in [2.05, 4.69) is 60.9 Å². The van der Waals surface area contributed by atoms with Crippen LogP contribution in [0.3, 0.4) is 0 Å². The third-order valence-corrected chi connectivity index (χ3v) is 7.34. The van der Waals surface area contributed by atoms with Gasteiger partial charge in [0.2, 0.25) is 0 Å². The average molecular weight is 477 g/mol. The maximum Gasteiger partial charge on any atom is 0.123 e. The lowest BCUT2D eigenvalue weighted by Gasteiger charge is -2.07. The molecule has 2 aliphatic rings. The van der Waals surface area contributed by atoms with E-state index in [-0.39, 0.29) is 0 Å². The molecule has 7 rings (SSSR count). The number of aromatic nitrogens is 6. The summed E-state index contributed by atoms with van der Waals surface area (Å²) in [6.45, 7) is 2.11. The van der Waals surface area contributed by atoms with Crippen LogP contribution >= 0.6 is 0 Å². The van der Waals surface area contributed by atoms with E-state index in [1.54, 1.807) is 0 Å². The molecule has 0 spiro atoms. The maximum atomic E-state index is 4.71. The van der Waals surface area contributed by atoms with Gasteiger partial charge in [-0.05, 0) is 68.4 Å². The van der Waals surface area contributed by atoms with E-state index < -0.39 is 0 Å². The highest BCUT2D eigenvalue weighted by molar-refractivity contribution is 5.88. The standard InChI is InChI=1S/C28H28N8/c1-3-22(29-9-1)27-33-15-25(35-27)18-6-5-17-12-24(32-14-20(17)11-18)21-8-7-19(13-31-21)26-16-34-28(36-26)23-4-2-10-30-23/h5-8,11-16,22-23,29-30H,1-4,9-10H2,(H,33,35)(H,34,36). The van der Waals surface area contributed by atoms with E-state index in [1.165, 1.54) is 12.8 Å². The van der Waals surface area contributed by atoms with Crippen molar-refractivity contribution in [3.05, 3.63) is 72.8 Å². The molecule has 2 unspecified atom stereocenters. The molecule has 6 heterocycles. The lowest BCUT2D eigenvalue weighted by molar-refractivity contribution is 0.613. The Morgan fingerprint density at radius 3 is 1.89 bits per heavy atom. The first kappa shape index (κ1) is 21.4. The molecule has 2 fully saturated rings. The largest absolute Gasteiger partial charge is 0.341 e. The molecule has 0 amide bonds. The Kier molecular flexibility index (Phi) is 5.33. The van der Waals surface area contributed by atoms with Crippen molar-refractivity contribution in [1.82, 2.24) is 40.5 Å². The second kappa shape index (κ2) is 8.96. The van der Waals surface area contributed by atoms with E-state index in [0.29, 0.717) is 12.1 Å². The molecule has 180 valence electrons. The van der Waals surface area contributed by atoms with Crippen LogP contribution < -0.4 is 10.6 Å². The van der Waals surface area contributed by atoms with Crippen LogP contribution in [0.25, 0.3) is 44.7 Å². The number of hydrogen-bond acceptors (Lipinski definition) is 6. The molecule has 0 radical (unpaired) electrons. The minimum absolute atomic E-state index is 0.327. The zero-order valence-electron chi connectivity index (χ0n) is 20.0. The number of benzene rings is 1. The predicted molar refractivity (Wildman–Crippen MR) is 140 cm³/mol. The summed E-state index contributed by atoms with van der Waals surface area (Å²) < 4.78 is 0. The quantitative estimate of drug-likeness (QED) is 0.287. The number of hydrogen-bond donors (Lipinski definition) is 4. The number of imidazole rings is 2. The third-order valence-electron chi connectivity index (χ3n) is 7.34. The van der Waals surface area contributed by atoms with Crippen molar-refractivity contribution in [2.24, 2.45) is 0 Å². The number of fused-ring (bicyclic) bond motifs is 1. The van der Waals surface area contributed by atoms with Gasteiger partial charge in [0.1, 0.15) is 11.6 Å². The Hall–Kier alpha value is -3.88. The topological polar surface area (TPSA) is 107 Å². The highest BCUT2D eigenvalue weighted by Crippen LogP contribution is 2.29. The number of nitrogens with zero attached hydrogens (tertiary/aromatic N) is 4. The van der Waals surface area contributed by atoms with Crippen molar-refractivity contribution < 1.29 is 0 Å². The van der Waals surface area contributed by atoms with Crippen molar-refractivity contribution in [2.45, 2.75) is 37.8 Å². The minimum atomic E-state index is 0.327. The number of pyridine rings is 2. The van der Waals surface area contributed by atoms with Gasteiger partial charge >= 0.3 is 0 Å². The van der Waals surface area contributed by atoms with Gasteiger partial charge in [0.15, 0.2) is 0 Å². The van der Waals surface area contributed by atoms with Crippen LogP contribution in [-0.4, -0.2) is 43.0 Å². The van der Waals surface area contributed by atoms with Crippen LogP contribution in [0.2, 0.25) is 0 Å². The molecule has 4 aromatic heterocycles. The molecule has 1 aromatic carbocycles. The highest BCUT2D eigenvalue weighted by atomic mass is 15.0. The molecule has 8 nitrogen and oxygen atoms in total. The Morgan fingerprint density at radius 2 is 1.25 bits per heavy atom. The van der Waals surface area contributed by atoms with Gasteiger partial charge in [0, 0.05) is 28.9 Å². The molecular weight excluding hydrogens is 448 g/mol. The number of rotatable bonds is 5. The highest BCUT2D eigenvalue weighted by Gasteiger charge is 2.20. The molecule has 2 atom stereocenters. The third kappa shape index (κ3) is 3.98. The van der Waals surface area contributed by atoms with Crippen LogP contribution in [0, 0.1) is 0 Å².